The van der Waals surface area contributed by atoms with Gasteiger partial charge in [0.1, 0.15) is 11.4 Å². The van der Waals surface area contributed by atoms with Crippen LogP contribution in [0.15, 0.2) is 94.8 Å². The van der Waals surface area contributed by atoms with Crippen LogP contribution < -0.4 is 0 Å². The minimum atomic E-state index is -1.38. The number of hydrogen-bond acceptors (Lipinski definition) is 5. The predicted octanol–water partition coefficient (Wildman–Crippen LogP) is 8.70. The first-order valence-corrected chi connectivity index (χ1v) is 16.3. The molecule has 1 aromatic carbocycles. The van der Waals surface area contributed by atoms with Crippen LogP contribution in [0.2, 0.25) is 0 Å². The van der Waals surface area contributed by atoms with Gasteiger partial charge >= 0.3 is 0 Å². The Labute approximate surface area is 276 Å². The number of hydrogen-bond donors (Lipinski definition) is 1. The number of aliphatic hydroxyl groups is 1. The molecular weight excluding hydrogens is 575 g/mol. The van der Waals surface area contributed by atoms with E-state index in [1.165, 1.54) is 31.7 Å². The van der Waals surface area contributed by atoms with Crippen molar-refractivity contribution in [2.24, 2.45) is 4.99 Å². The molecule has 1 spiro atoms. The van der Waals surface area contributed by atoms with Gasteiger partial charge in [0.25, 0.3) is 5.91 Å². The molecule has 1 heterocycles. The average Bonchev–Trinajstić information content (AvgIpc) is 3.78. The number of carbonyl (C=O) groups excluding carboxylic acids is 1. The number of carbonyl (C=O) groups is 1. The summed E-state index contributed by atoms with van der Waals surface area (Å²) in [6, 6.07) is 8.95. The molecule has 1 saturated carbocycles. The molecule has 1 N–H and O–H groups in total. The van der Waals surface area contributed by atoms with Crippen molar-refractivity contribution < 1.29 is 14.3 Å². The number of benzene rings is 1. The summed E-state index contributed by atoms with van der Waals surface area (Å²) in [4.78, 5) is 21.2. The first-order valence-electron chi connectivity index (χ1n) is 16.3. The minimum Gasteiger partial charge on any atom is -0.381 e. The third-order valence-corrected chi connectivity index (χ3v) is 8.25. The summed E-state index contributed by atoms with van der Waals surface area (Å²) in [6.45, 7) is 20.7. The number of halogens is 1. The van der Waals surface area contributed by atoms with Gasteiger partial charge < -0.3 is 14.9 Å². The molecule has 0 bridgehead atoms. The molecule has 1 aromatic rings. The van der Waals surface area contributed by atoms with Crippen LogP contribution in [0.1, 0.15) is 93.1 Å². The van der Waals surface area contributed by atoms with Crippen LogP contribution in [0, 0.1) is 17.1 Å². The van der Waals surface area contributed by atoms with E-state index < -0.39 is 5.60 Å². The highest BCUT2D eigenvalue weighted by atomic mass is 19.1. The van der Waals surface area contributed by atoms with Gasteiger partial charge in [0.05, 0.1) is 17.2 Å². The number of allylic oxidation sites excluding steroid dienone is 10. The Morgan fingerprint density at radius 3 is 2.39 bits per heavy atom. The highest BCUT2D eigenvalue weighted by Crippen LogP contribution is 2.47. The summed E-state index contributed by atoms with van der Waals surface area (Å²) in [5, 5.41) is 19.0. The highest BCUT2D eigenvalue weighted by Gasteiger charge is 2.53. The van der Waals surface area contributed by atoms with Crippen LogP contribution in [0.3, 0.4) is 0 Å². The molecule has 0 aromatic heterocycles. The van der Waals surface area contributed by atoms with Crippen LogP contribution in [0.4, 0.5) is 4.39 Å². The van der Waals surface area contributed by atoms with Gasteiger partial charge in [0.2, 0.25) is 0 Å². The predicted molar refractivity (Wildman–Crippen MR) is 189 cm³/mol. The first kappa shape index (κ1) is 38.2. The van der Waals surface area contributed by atoms with Gasteiger partial charge in [-0.2, -0.15) is 5.26 Å². The van der Waals surface area contributed by atoms with E-state index in [-0.39, 0.29) is 17.3 Å². The summed E-state index contributed by atoms with van der Waals surface area (Å²) in [6.07, 6.45) is 16.4. The maximum atomic E-state index is 14.8. The normalized spacial score (nSPS) is 17.8. The zero-order valence-corrected chi connectivity index (χ0v) is 29.2. The molecule has 2 aliphatic rings. The fourth-order valence-corrected chi connectivity index (χ4v) is 5.89. The van der Waals surface area contributed by atoms with E-state index in [0.717, 1.165) is 60.2 Å². The number of nitrogens with zero attached hydrogens (tertiary/aromatic N) is 4. The summed E-state index contributed by atoms with van der Waals surface area (Å²) in [5.74, 6) is -0.519. The second-order valence-corrected chi connectivity index (χ2v) is 12.5. The Kier molecular flexibility index (Phi) is 14.6. The zero-order valence-electron chi connectivity index (χ0n) is 29.2. The van der Waals surface area contributed by atoms with E-state index in [2.05, 4.69) is 50.2 Å². The molecule has 0 atom stereocenters. The summed E-state index contributed by atoms with van der Waals surface area (Å²) in [7, 11) is 0. The zero-order chi connectivity index (χ0) is 34.5. The number of aliphatic imine (C=N–C) groups is 1. The second kappa shape index (κ2) is 17.6. The molecule has 1 amide bonds. The smallest absolute Gasteiger partial charge is 0.254 e. The van der Waals surface area contributed by atoms with E-state index in [1.54, 1.807) is 17.0 Å². The number of nitriles is 1. The van der Waals surface area contributed by atoms with E-state index in [4.69, 9.17) is 5.26 Å². The van der Waals surface area contributed by atoms with Crippen molar-refractivity contribution in [1.82, 2.24) is 9.80 Å². The highest BCUT2D eigenvalue weighted by molar-refractivity contribution is 6.12. The molecule has 7 heteroatoms. The fourth-order valence-electron chi connectivity index (χ4n) is 5.89. The quantitative estimate of drug-likeness (QED) is 0.151. The molecule has 1 aliphatic carbocycles. The second-order valence-electron chi connectivity index (χ2n) is 12.5. The van der Waals surface area contributed by atoms with Crippen LogP contribution >= 0.6 is 0 Å². The van der Waals surface area contributed by atoms with Crippen molar-refractivity contribution in [1.29, 1.82) is 5.26 Å². The van der Waals surface area contributed by atoms with Crippen LogP contribution in [-0.2, 0) is 4.79 Å². The molecule has 248 valence electrons. The van der Waals surface area contributed by atoms with Gasteiger partial charge in [-0.3, -0.25) is 9.79 Å². The maximum absolute atomic E-state index is 14.8. The van der Waals surface area contributed by atoms with Gasteiger partial charge in [-0.15, -0.1) is 0 Å². The lowest BCUT2D eigenvalue weighted by Crippen LogP contribution is -2.59. The number of amides is 1. The summed E-state index contributed by atoms with van der Waals surface area (Å²) >= 11 is 0. The minimum absolute atomic E-state index is 0.156. The third-order valence-electron chi connectivity index (χ3n) is 8.25. The topological polar surface area (TPSA) is 79.9 Å². The third kappa shape index (κ3) is 10.3. The van der Waals surface area contributed by atoms with Crippen molar-refractivity contribution >= 4 is 17.2 Å². The van der Waals surface area contributed by atoms with E-state index in [0.29, 0.717) is 25.2 Å². The van der Waals surface area contributed by atoms with Gasteiger partial charge in [-0.25, -0.2) is 4.39 Å². The number of piperazine rings is 1. The number of rotatable bonds is 11. The van der Waals surface area contributed by atoms with Crippen molar-refractivity contribution in [3.8, 4) is 6.07 Å². The Morgan fingerprint density at radius 2 is 1.87 bits per heavy atom. The van der Waals surface area contributed by atoms with Crippen molar-refractivity contribution in [2.75, 3.05) is 19.6 Å². The van der Waals surface area contributed by atoms with E-state index in [1.807, 2.05) is 50.3 Å². The molecule has 0 radical (unpaired) electrons. The molecule has 1 aliphatic heterocycles. The van der Waals surface area contributed by atoms with Crippen molar-refractivity contribution in [3.05, 3.63) is 101 Å². The average molecular weight is 629 g/mol. The van der Waals surface area contributed by atoms with Gasteiger partial charge in [-0.1, -0.05) is 68.8 Å². The first-order chi connectivity index (χ1) is 21.8. The van der Waals surface area contributed by atoms with E-state index >= 15 is 0 Å². The summed E-state index contributed by atoms with van der Waals surface area (Å²) in [5.41, 5.74) is 4.44. The molecule has 6 nitrogen and oxygen atoms in total. The molecule has 1 saturated heterocycles. The lowest BCUT2D eigenvalue weighted by atomic mass is 9.91. The van der Waals surface area contributed by atoms with Gasteiger partial charge in [0.15, 0.2) is 0 Å². The van der Waals surface area contributed by atoms with Gasteiger partial charge in [0, 0.05) is 48.4 Å². The molecule has 0 unspecified atom stereocenters. The van der Waals surface area contributed by atoms with Crippen molar-refractivity contribution in [3.63, 3.8) is 0 Å². The van der Waals surface area contributed by atoms with Crippen LogP contribution in [0.5, 0.6) is 0 Å². The Balaban J connectivity index is 0.000000444. The monoisotopic (exact) mass is 628 g/mol. The Morgan fingerprint density at radius 1 is 1.20 bits per heavy atom. The fraction of sp³-hybridized carbons (Fsp3) is 0.462. The van der Waals surface area contributed by atoms with E-state index in [9.17, 15) is 14.3 Å². The molecule has 3 rings (SSSR count). The standard InChI is InChI=1S/C26H34FN3O2.C13H19N/c1-7-20(21-11-9-10-12-22(21)27)23(18(3)28-8-2)19(4)30-16-15-29(17-26(30)13-14-26)24(31)25(5,6)32;1-4-6-7-9-13(11-14)10-12(3)8-5-2/h7-12,32H,2,13-17H2,1,3-6H3;6-7,9-10H,4-5,8H2,1-3H3/b20-7-,23-19-,28-18?;7-6+,12-10+,13-9+. The Bertz CT molecular complexity index is 1460. The van der Waals surface area contributed by atoms with Crippen LogP contribution in [-0.4, -0.2) is 57.3 Å². The lowest BCUT2D eigenvalue weighted by molar-refractivity contribution is -0.151. The molecule has 2 fully saturated rings. The maximum Gasteiger partial charge on any atom is 0.254 e. The lowest BCUT2D eigenvalue weighted by Gasteiger charge is -2.46. The SMILES string of the molecule is C=CN=C(C)C(/C(=C\C)c1ccccc1F)=C(\C)N1CCN(C(=O)C(C)(C)O)CC12CC2.CC/C=C/C=C(C#N)\C=C(/C)CCC. The molecular formula is C39H53FN4O2. The summed E-state index contributed by atoms with van der Waals surface area (Å²) < 4.78 is 14.8. The van der Waals surface area contributed by atoms with Crippen LogP contribution in [0.25, 0.3) is 5.57 Å². The van der Waals surface area contributed by atoms with Crippen molar-refractivity contribution in [2.45, 2.75) is 98.6 Å². The largest absolute Gasteiger partial charge is 0.381 e. The Hall–Kier alpha value is -4.02. The van der Waals surface area contributed by atoms with Gasteiger partial charge in [-0.05, 0) is 91.0 Å². The molecule has 46 heavy (non-hydrogen) atoms.